The van der Waals surface area contributed by atoms with E-state index in [4.69, 9.17) is 0 Å². The summed E-state index contributed by atoms with van der Waals surface area (Å²) in [7, 11) is 0. The number of rotatable bonds is 2. The van der Waals surface area contributed by atoms with Gasteiger partial charge >= 0.3 is 0 Å². The van der Waals surface area contributed by atoms with Crippen LogP contribution < -0.4 is 0 Å². The summed E-state index contributed by atoms with van der Waals surface area (Å²) >= 11 is 0. The van der Waals surface area contributed by atoms with Crippen molar-refractivity contribution < 1.29 is 4.39 Å². The third kappa shape index (κ3) is 3.01. The largest absolute Gasteiger partial charge is 0.300 e. The highest BCUT2D eigenvalue weighted by Gasteiger charge is 2.49. The fraction of sp³-hybridized carbons (Fsp3) is 1.00. The Kier molecular flexibility index (Phi) is 3.55. The number of piperidine rings is 1. The Morgan fingerprint density at radius 2 is 1.76 bits per heavy atom. The van der Waals surface area contributed by atoms with E-state index in [1.165, 1.54) is 25.7 Å². The molecule has 1 aliphatic heterocycles. The van der Waals surface area contributed by atoms with Crippen molar-refractivity contribution in [3.63, 3.8) is 0 Å². The molecule has 1 spiro atoms. The average molecular weight is 241 g/mol. The lowest BCUT2D eigenvalue weighted by Gasteiger charge is -2.56. The van der Waals surface area contributed by atoms with Crippen molar-refractivity contribution in [2.45, 2.75) is 59.5 Å². The Labute approximate surface area is 106 Å². The van der Waals surface area contributed by atoms with Gasteiger partial charge in [-0.05, 0) is 62.4 Å². The Balaban J connectivity index is 1.77. The summed E-state index contributed by atoms with van der Waals surface area (Å²) < 4.78 is 13.0. The highest BCUT2D eigenvalue weighted by atomic mass is 19.1. The molecule has 0 amide bonds. The van der Waals surface area contributed by atoms with Gasteiger partial charge in [0.2, 0.25) is 0 Å². The monoisotopic (exact) mass is 241 g/mol. The van der Waals surface area contributed by atoms with E-state index >= 15 is 0 Å². The second-order valence-corrected chi connectivity index (χ2v) is 7.55. The molecule has 1 saturated heterocycles. The van der Waals surface area contributed by atoms with Gasteiger partial charge in [-0.1, -0.05) is 20.8 Å². The fourth-order valence-electron chi connectivity index (χ4n) is 3.57. The summed E-state index contributed by atoms with van der Waals surface area (Å²) in [5.41, 5.74) is 1.11. The summed E-state index contributed by atoms with van der Waals surface area (Å²) in [5.74, 6) is 0.911. The van der Waals surface area contributed by atoms with Gasteiger partial charge in [0.05, 0.1) is 0 Å². The molecule has 1 atom stereocenters. The molecule has 1 saturated carbocycles. The van der Waals surface area contributed by atoms with Crippen LogP contribution in [0.5, 0.6) is 0 Å². The maximum absolute atomic E-state index is 13.0. The summed E-state index contributed by atoms with van der Waals surface area (Å²) in [5, 5.41) is 0. The minimum Gasteiger partial charge on any atom is -0.300 e. The van der Waals surface area contributed by atoms with Gasteiger partial charge in [0.25, 0.3) is 0 Å². The van der Waals surface area contributed by atoms with Crippen LogP contribution >= 0.6 is 0 Å². The fourth-order valence-corrected chi connectivity index (χ4v) is 3.57. The van der Waals surface area contributed by atoms with E-state index < -0.39 is 6.17 Å². The predicted octanol–water partition coefficient (Wildman–Crippen LogP) is 3.88. The van der Waals surface area contributed by atoms with Crippen LogP contribution in [0.25, 0.3) is 0 Å². The number of halogens is 1. The molecule has 0 aromatic heterocycles. The zero-order chi connectivity index (χ0) is 12.7. The predicted molar refractivity (Wildman–Crippen MR) is 70.9 cm³/mol. The molecular weight excluding hydrogens is 213 g/mol. The Hall–Kier alpha value is -0.110. The SMILES string of the molecule is CC(F)CN1CCC2(CC1)CC(C(C)(C)C)C2. The third-order valence-corrected chi connectivity index (χ3v) is 5.01. The Morgan fingerprint density at radius 3 is 2.18 bits per heavy atom. The third-order valence-electron chi connectivity index (χ3n) is 5.01. The first-order chi connectivity index (χ1) is 7.81. The Morgan fingerprint density at radius 1 is 1.24 bits per heavy atom. The highest BCUT2D eigenvalue weighted by Crippen LogP contribution is 2.57. The van der Waals surface area contributed by atoms with Crippen molar-refractivity contribution in [1.82, 2.24) is 4.90 Å². The number of alkyl halides is 1. The molecule has 2 fully saturated rings. The molecule has 0 N–H and O–H groups in total. The lowest BCUT2D eigenvalue weighted by atomic mass is 9.52. The molecule has 1 heterocycles. The van der Waals surface area contributed by atoms with Gasteiger partial charge in [-0.3, -0.25) is 0 Å². The molecule has 0 bridgehead atoms. The van der Waals surface area contributed by atoms with Crippen LogP contribution in [0, 0.1) is 16.7 Å². The van der Waals surface area contributed by atoms with Crippen LogP contribution in [0.1, 0.15) is 53.4 Å². The molecule has 1 unspecified atom stereocenters. The van der Waals surface area contributed by atoms with Gasteiger partial charge in [0.15, 0.2) is 0 Å². The van der Waals surface area contributed by atoms with Gasteiger partial charge in [0.1, 0.15) is 6.17 Å². The molecule has 1 aliphatic carbocycles. The van der Waals surface area contributed by atoms with E-state index in [2.05, 4.69) is 25.7 Å². The van der Waals surface area contributed by atoms with Gasteiger partial charge in [-0.25, -0.2) is 4.39 Å². The number of likely N-dealkylation sites (tertiary alicyclic amines) is 1. The number of hydrogen-bond acceptors (Lipinski definition) is 1. The maximum atomic E-state index is 13.0. The van der Waals surface area contributed by atoms with Crippen LogP contribution in [-0.4, -0.2) is 30.7 Å². The van der Waals surface area contributed by atoms with E-state index in [9.17, 15) is 4.39 Å². The molecular formula is C15H28FN. The van der Waals surface area contributed by atoms with E-state index in [0.29, 0.717) is 17.4 Å². The summed E-state index contributed by atoms with van der Waals surface area (Å²) in [6, 6.07) is 0. The second-order valence-electron chi connectivity index (χ2n) is 7.55. The average Bonchev–Trinajstić information content (AvgIpc) is 2.13. The first-order valence-electron chi connectivity index (χ1n) is 7.17. The van der Waals surface area contributed by atoms with Gasteiger partial charge in [-0.2, -0.15) is 0 Å². The van der Waals surface area contributed by atoms with Crippen molar-refractivity contribution >= 4 is 0 Å². The van der Waals surface area contributed by atoms with Crippen molar-refractivity contribution in [1.29, 1.82) is 0 Å². The van der Waals surface area contributed by atoms with Gasteiger partial charge in [-0.15, -0.1) is 0 Å². The van der Waals surface area contributed by atoms with Gasteiger partial charge in [0, 0.05) is 6.54 Å². The van der Waals surface area contributed by atoms with E-state index in [1.807, 2.05) is 0 Å². The molecule has 0 radical (unpaired) electrons. The lowest BCUT2D eigenvalue weighted by Crippen LogP contribution is -2.50. The van der Waals surface area contributed by atoms with Gasteiger partial charge < -0.3 is 4.90 Å². The zero-order valence-corrected chi connectivity index (χ0v) is 11.9. The van der Waals surface area contributed by atoms with Crippen LogP contribution in [0.15, 0.2) is 0 Å². The van der Waals surface area contributed by atoms with Crippen molar-refractivity contribution in [2.24, 2.45) is 16.7 Å². The summed E-state index contributed by atoms with van der Waals surface area (Å²) in [4.78, 5) is 2.31. The van der Waals surface area contributed by atoms with E-state index in [0.717, 1.165) is 19.0 Å². The molecule has 2 heteroatoms. The lowest BCUT2D eigenvalue weighted by molar-refractivity contribution is -0.0584. The van der Waals surface area contributed by atoms with Crippen molar-refractivity contribution in [3.8, 4) is 0 Å². The smallest absolute Gasteiger partial charge is 0.110 e. The number of nitrogens with zero attached hydrogens (tertiary/aromatic N) is 1. The molecule has 1 nitrogen and oxygen atoms in total. The first kappa shape index (κ1) is 13.3. The van der Waals surface area contributed by atoms with Crippen LogP contribution in [0.3, 0.4) is 0 Å². The molecule has 2 rings (SSSR count). The topological polar surface area (TPSA) is 3.24 Å². The van der Waals surface area contributed by atoms with Crippen LogP contribution in [0.4, 0.5) is 4.39 Å². The molecule has 100 valence electrons. The summed E-state index contributed by atoms with van der Waals surface area (Å²) in [6.45, 7) is 11.6. The van der Waals surface area contributed by atoms with E-state index in [-0.39, 0.29) is 0 Å². The highest BCUT2D eigenvalue weighted by molar-refractivity contribution is 5.00. The minimum absolute atomic E-state index is 0.482. The maximum Gasteiger partial charge on any atom is 0.110 e. The summed E-state index contributed by atoms with van der Waals surface area (Å²) in [6.07, 6.45) is 4.75. The molecule has 0 aromatic rings. The number of hydrogen-bond donors (Lipinski definition) is 0. The molecule has 0 aromatic carbocycles. The normalized spacial score (nSPS) is 28.1. The standard InChI is InChI=1S/C15H28FN/c1-12(16)11-17-7-5-15(6-8-17)9-13(10-15)14(2,3)4/h12-13H,5-11H2,1-4H3. The van der Waals surface area contributed by atoms with Crippen molar-refractivity contribution in [2.75, 3.05) is 19.6 Å². The minimum atomic E-state index is -0.673. The van der Waals surface area contributed by atoms with Crippen molar-refractivity contribution in [3.05, 3.63) is 0 Å². The van der Waals surface area contributed by atoms with E-state index in [1.54, 1.807) is 6.92 Å². The molecule has 2 aliphatic rings. The zero-order valence-electron chi connectivity index (χ0n) is 11.9. The Bertz CT molecular complexity index is 251. The second kappa shape index (κ2) is 4.53. The first-order valence-corrected chi connectivity index (χ1v) is 7.17. The van der Waals surface area contributed by atoms with Crippen LogP contribution in [0.2, 0.25) is 0 Å². The van der Waals surface area contributed by atoms with Crippen LogP contribution in [-0.2, 0) is 0 Å². The molecule has 17 heavy (non-hydrogen) atoms. The quantitative estimate of drug-likeness (QED) is 0.709.